The van der Waals surface area contributed by atoms with Gasteiger partial charge < -0.3 is 5.73 Å². The first-order valence-electron chi connectivity index (χ1n) is 10.7. The monoisotopic (exact) mass is 450 g/mol. The number of aryl methyl sites for hydroxylation is 2. The van der Waals surface area contributed by atoms with Gasteiger partial charge in [0.05, 0.1) is 10.2 Å². The SMILES string of the molecule is CCCc1ccc(-c2nnc(CCCCC(=O)Cc3ccc4nc(N)sc4c3)s2)cc1. The number of thiazole rings is 1. The highest BCUT2D eigenvalue weighted by Gasteiger charge is 2.09. The van der Waals surface area contributed by atoms with Gasteiger partial charge in [0.2, 0.25) is 0 Å². The van der Waals surface area contributed by atoms with Crippen LogP contribution in [0.2, 0.25) is 0 Å². The number of nitrogens with two attached hydrogens (primary N) is 1. The van der Waals surface area contributed by atoms with E-state index in [1.54, 1.807) is 11.3 Å². The van der Waals surface area contributed by atoms with Crippen LogP contribution in [0.3, 0.4) is 0 Å². The molecule has 4 aromatic rings. The Hall–Kier alpha value is -2.64. The molecule has 7 heteroatoms. The fraction of sp³-hybridized carbons (Fsp3) is 0.333. The predicted molar refractivity (Wildman–Crippen MR) is 130 cm³/mol. The third kappa shape index (κ3) is 5.74. The van der Waals surface area contributed by atoms with E-state index in [0.717, 1.165) is 63.5 Å². The zero-order valence-electron chi connectivity index (χ0n) is 17.6. The molecule has 0 saturated carbocycles. The second-order valence-electron chi connectivity index (χ2n) is 7.72. The van der Waals surface area contributed by atoms with Gasteiger partial charge in [0.25, 0.3) is 0 Å². The van der Waals surface area contributed by atoms with Crippen molar-refractivity contribution in [2.45, 2.75) is 51.9 Å². The molecule has 0 unspecified atom stereocenters. The molecule has 0 fully saturated rings. The standard InChI is InChI=1S/C24H26N4OS2/c1-2-5-16-8-11-18(12-9-16)23-28-27-22(31-23)7-4-3-6-19(29)14-17-10-13-20-21(15-17)30-24(25)26-20/h8-13,15H,2-7,14H2,1H3,(H2,25,26). The largest absolute Gasteiger partial charge is 0.375 e. The van der Waals surface area contributed by atoms with Crippen molar-refractivity contribution in [2.75, 3.05) is 5.73 Å². The van der Waals surface area contributed by atoms with Crippen LogP contribution in [0.5, 0.6) is 0 Å². The molecule has 0 aliphatic rings. The maximum Gasteiger partial charge on any atom is 0.181 e. The molecule has 5 nitrogen and oxygen atoms in total. The summed E-state index contributed by atoms with van der Waals surface area (Å²) in [6, 6.07) is 14.5. The summed E-state index contributed by atoms with van der Waals surface area (Å²) < 4.78 is 1.04. The number of nitrogen functional groups attached to an aromatic ring is 1. The van der Waals surface area contributed by atoms with E-state index in [-0.39, 0.29) is 5.78 Å². The van der Waals surface area contributed by atoms with Crippen LogP contribution in [-0.4, -0.2) is 21.0 Å². The van der Waals surface area contributed by atoms with Gasteiger partial charge in [0.1, 0.15) is 15.8 Å². The van der Waals surface area contributed by atoms with Crippen molar-refractivity contribution in [1.29, 1.82) is 0 Å². The highest BCUT2D eigenvalue weighted by molar-refractivity contribution is 7.22. The Kier molecular flexibility index (Phi) is 7.04. The topological polar surface area (TPSA) is 81.8 Å². The quantitative estimate of drug-likeness (QED) is 0.305. The molecule has 2 aromatic carbocycles. The molecule has 31 heavy (non-hydrogen) atoms. The molecule has 0 atom stereocenters. The first kappa shape index (κ1) is 21.6. The molecule has 2 N–H and O–H groups in total. The lowest BCUT2D eigenvalue weighted by Gasteiger charge is -2.02. The summed E-state index contributed by atoms with van der Waals surface area (Å²) in [4.78, 5) is 16.6. The van der Waals surface area contributed by atoms with Gasteiger partial charge in [-0.3, -0.25) is 4.79 Å². The van der Waals surface area contributed by atoms with E-state index in [2.05, 4.69) is 46.4 Å². The van der Waals surface area contributed by atoms with Crippen LogP contribution in [-0.2, 0) is 24.1 Å². The number of Topliss-reactive ketones (excluding diaryl/α,β-unsaturated/α-hetero) is 1. The minimum absolute atomic E-state index is 0.266. The Labute approximate surface area is 190 Å². The molecule has 160 valence electrons. The predicted octanol–water partition coefficient (Wildman–Crippen LogP) is 5.87. The van der Waals surface area contributed by atoms with Crippen molar-refractivity contribution in [2.24, 2.45) is 0 Å². The summed E-state index contributed by atoms with van der Waals surface area (Å²) in [5, 5.41) is 11.2. The summed E-state index contributed by atoms with van der Waals surface area (Å²) in [5.41, 5.74) is 10.2. The van der Waals surface area contributed by atoms with Gasteiger partial charge in [0, 0.05) is 24.8 Å². The van der Waals surface area contributed by atoms with Crippen molar-refractivity contribution in [1.82, 2.24) is 15.2 Å². The lowest BCUT2D eigenvalue weighted by molar-refractivity contribution is -0.118. The Morgan fingerprint density at radius 2 is 1.77 bits per heavy atom. The maximum absolute atomic E-state index is 12.4. The summed E-state index contributed by atoms with van der Waals surface area (Å²) in [6.45, 7) is 2.19. The van der Waals surface area contributed by atoms with Crippen molar-refractivity contribution in [3.05, 3.63) is 58.6 Å². The van der Waals surface area contributed by atoms with Crippen LogP contribution in [0, 0.1) is 0 Å². The second kappa shape index (κ2) is 10.1. The number of carbonyl (C=O) groups excluding carboxylic acids is 1. The van der Waals surface area contributed by atoms with E-state index in [9.17, 15) is 4.79 Å². The Bertz CT molecular complexity index is 1160. The zero-order chi connectivity index (χ0) is 21.6. The summed E-state index contributed by atoms with van der Waals surface area (Å²) in [6.07, 6.45) is 5.99. The number of carbonyl (C=O) groups is 1. The molecule has 4 rings (SSSR count). The van der Waals surface area contributed by atoms with E-state index in [4.69, 9.17) is 5.73 Å². The molecule has 2 aromatic heterocycles. The third-order valence-corrected chi connectivity index (χ3v) is 7.05. The Morgan fingerprint density at radius 1 is 0.968 bits per heavy atom. The van der Waals surface area contributed by atoms with Crippen LogP contribution >= 0.6 is 22.7 Å². The average molecular weight is 451 g/mol. The molecular weight excluding hydrogens is 424 g/mol. The molecule has 0 spiro atoms. The number of hydrogen-bond acceptors (Lipinski definition) is 7. The van der Waals surface area contributed by atoms with Gasteiger partial charge >= 0.3 is 0 Å². The van der Waals surface area contributed by atoms with Gasteiger partial charge in [-0.05, 0) is 42.5 Å². The number of benzene rings is 2. The third-order valence-electron chi connectivity index (χ3n) is 5.17. The maximum atomic E-state index is 12.4. The van der Waals surface area contributed by atoms with E-state index in [1.165, 1.54) is 16.9 Å². The molecule has 2 heterocycles. The van der Waals surface area contributed by atoms with Gasteiger partial charge in [-0.2, -0.15) is 0 Å². The van der Waals surface area contributed by atoms with Gasteiger partial charge in [-0.1, -0.05) is 66.3 Å². The van der Waals surface area contributed by atoms with Crippen LogP contribution in [0.1, 0.15) is 48.7 Å². The van der Waals surface area contributed by atoms with E-state index in [1.807, 2.05) is 18.2 Å². The molecule has 0 amide bonds. The zero-order valence-corrected chi connectivity index (χ0v) is 19.3. The fourth-order valence-electron chi connectivity index (χ4n) is 3.59. The van der Waals surface area contributed by atoms with E-state index >= 15 is 0 Å². The highest BCUT2D eigenvalue weighted by Crippen LogP contribution is 2.26. The molecular formula is C24H26N4OS2. The first-order valence-corrected chi connectivity index (χ1v) is 12.3. The van der Waals surface area contributed by atoms with Crippen molar-refractivity contribution < 1.29 is 4.79 Å². The van der Waals surface area contributed by atoms with Gasteiger partial charge in [0.15, 0.2) is 5.13 Å². The molecule has 0 saturated heterocycles. The van der Waals surface area contributed by atoms with Crippen molar-refractivity contribution in [3.8, 4) is 10.6 Å². The fourth-order valence-corrected chi connectivity index (χ4v) is 5.27. The molecule has 0 aliphatic carbocycles. The lowest BCUT2D eigenvalue weighted by atomic mass is 10.0. The van der Waals surface area contributed by atoms with Crippen LogP contribution in [0.4, 0.5) is 5.13 Å². The Morgan fingerprint density at radius 3 is 2.58 bits per heavy atom. The van der Waals surface area contributed by atoms with Crippen LogP contribution in [0.25, 0.3) is 20.8 Å². The smallest absolute Gasteiger partial charge is 0.181 e. The Balaban J connectivity index is 1.22. The summed E-state index contributed by atoms with van der Waals surface area (Å²) >= 11 is 3.11. The molecule has 0 aliphatic heterocycles. The second-order valence-corrected chi connectivity index (χ2v) is 9.85. The molecule has 0 radical (unpaired) electrons. The van der Waals surface area contributed by atoms with Crippen LogP contribution in [0.15, 0.2) is 42.5 Å². The number of unbranched alkanes of at least 4 members (excludes halogenated alkanes) is 1. The van der Waals surface area contributed by atoms with Crippen molar-refractivity contribution >= 4 is 43.8 Å². The molecule has 0 bridgehead atoms. The number of aromatic nitrogens is 3. The average Bonchev–Trinajstić information content (AvgIpc) is 3.37. The van der Waals surface area contributed by atoms with E-state index in [0.29, 0.717) is 18.0 Å². The number of nitrogens with zero attached hydrogens (tertiary/aromatic N) is 3. The van der Waals surface area contributed by atoms with Crippen molar-refractivity contribution in [3.63, 3.8) is 0 Å². The highest BCUT2D eigenvalue weighted by atomic mass is 32.1. The first-order chi connectivity index (χ1) is 15.1. The van der Waals surface area contributed by atoms with E-state index < -0.39 is 0 Å². The van der Waals surface area contributed by atoms with Gasteiger partial charge in [-0.25, -0.2) is 4.98 Å². The van der Waals surface area contributed by atoms with Crippen LogP contribution < -0.4 is 5.73 Å². The number of fused-ring (bicyclic) bond motifs is 1. The minimum atomic E-state index is 0.266. The normalized spacial score (nSPS) is 11.3. The number of anilines is 1. The number of rotatable bonds is 10. The lowest BCUT2D eigenvalue weighted by Crippen LogP contribution is -2.02. The number of ketones is 1. The summed E-state index contributed by atoms with van der Waals surface area (Å²) in [7, 11) is 0. The minimum Gasteiger partial charge on any atom is -0.375 e. The summed E-state index contributed by atoms with van der Waals surface area (Å²) in [5.74, 6) is 0.266. The number of hydrogen-bond donors (Lipinski definition) is 1. The van der Waals surface area contributed by atoms with Gasteiger partial charge in [-0.15, -0.1) is 10.2 Å².